The van der Waals surface area contributed by atoms with Gasteiger partial charge in [-0.25, -0.2) is 0 Å². The van der Waals surface area contributed by atoms with E-state index in [1.54, 1.807) is 12.1 Å². The lowest BCUT2D eigenvalue weighted by atomic mass is 10.1. The molecule has 0 N–H and O–H groups in total. The summed E-state index contributed by atoms with van der Waals surface area (Å²) in [6, 6.07) is 11.1. The van der Waals surface area contributed by atoms with Crippen LogP contribution in [-0.2, 0) is 0 Å². The van der Waals surface area contributed by atoms with Gasteiger partial charge < -0.3 is 4.74 Å². The van der Waals surface area contributed by atoms with Crippen LogP contribution in [0.2, 0.25) is 5.02 Å². The first kappa shape index (κ1) is 15.0. The highest BCUT2D eigenvalue weighted by Crippen LogP contribution is 2.29. The molecule has 2 aromatic carbocycles. The van der Waals surface area contributed by atoms with Crippen LogP contribution < -0.4 is 4.74 Å². The maximum atomic E-state index is 12.0. The molecule has 0 atom stereocenters. The highest BCUT2D eigenvalue weighted by molar-refractivity contribution is 6.30. The molecule has 0 spiro atoms. The average Bonchev–Trinajstić information content (AvgIpc) is 2.46. The van der Waals surface area contributed by atoms with Crippen molar-refractivity contribution in [1.82, 2.24) is 0 Å². The first-order valence-electron chi connectivity index (χ1n) is 6.14. The van der Waals surface area contributed by atoms with Gasteiger partial charge in [0.15, 0.2) is 18.1 Å². The maximum absolute atomic E-state index is 12.0. The highest BCUT2D eigenvalue weighted by atomic mass is 35.5. The standard InChI is InChI=1S/C15H12ClNO4/c1-10-2-4-11(5-3-10)14(18)9-21-15-7-6-12(16)8-13(15)17(19)20/h2-8H,9H2,1H3. The summed E-state index contributed by atoms with van der Waals surface area (Å²) >= 11 is 5.71. The number of ether oxygens (including phenoxy) is 1. The molecule has 108 valence electrons. The summed E-state index contributed by atoms with van der Waals surface area (Å²) in [6.07, 6.45) is 0. The van der Waals surface area contributed by atoms with Crippen molar-refractivity contribution in [2.75, 3.05) is 6.61 Å². The van der Waals surface area contributed by atoms with Crippen molar-refractivity contribution in [3.8, 4) is 5.75 Å². The van der Waals surface area contributed by atoms with Crippen LogP contribution >= 0.6 is 11.6 Å². The first-order chi connectivity index (χ1) is 9.97. The number of aryl methyl sites for hydroxylation is 1. The van der Waals surface area contributed by atoms with Crippen LogP contribution in [0.15, 0.2) is 42.5 Å². The minimum Gasteiger partial charge on any atom is -0.478 e. The van der Waals surface area contributed by atoms with Gasteiger partial charge in [0.25, 0.3) is 0 Å². The Labute approximate surface area is 126 Å². The lowest BCUT2D eigenvalue weighted by Gasteiger charge is -2.06. The maximum Gasteiger partial charge on any atom is 0.312 e. The molecule has 0 aliphatic heterocycles. The van der Waals surface area contributed by atoms with Crippen LogP contribution in [0.4, 0.5) is 5.69 Å². The third-order valence-electron chi connectivity index (χ3n) is 2.85. The van der Waals surface area contributed by atoms with Crippen molar-refractivity contribution in [2.24, 2.45) is 0 Å². The predicted molar refractivity (Wildman–Crippen MR) is 79.1 cm³/mol. The number of benzene rings is 2. The van der Waals surface area contributed by atoms with E-state index in [4.69, 9.17) is 16.3 Å². The lowest BCUT2D eigenvalue weighted by Crippen LogP contribution is -2.12. The fourth-order valence-corrected chi connectivity index (χ4v) is 1.89. The Balaban J connectivity index is 2.11. The number of nitro benzene ring substituents is 1. The first-order valence-corrected chi connectivity index (χ1v) is 6.52. The summed E-state index contributed by atoms with van der Waals surface area (Å²) < 4.78 is 5.25. The van der Waals surface area contributed by atoms with E-state index in [2.05, 4.69) is 0 Å². The molecule has 0 heterocycles. The second-order valence-electron chi connectivity index (χ2n) is 4.45. The topological polar surface area (TPSA) is 69.4 Å². The number of halogens is 1. The van der Waals surface area contributed by atoms with Gasteiger partial charge in [0, 0.05) is 16.7 Å². The lowest BCUT2D eigenvalue weighted by molar-refractivity contribution is -0.385. The second kappa shape index (κ2) is 6.37. The van der Waals surface area contributed by atoms with Gasteiger partial charge in [0.05, 0.1) is 4.92 Å². The SMILES string of the molecule is Cc1ccc(C(=O)COc2ccc(Cl)cc2[N+](=O)[O-])cc1. The molecule has 0 saturated carbocycles. The molecule has 0 saturated heterocycles. The van der Waals surface area contributed by atoms with E-state index in [0.717, 1.165) is 5.56 Å². The summed E-state index contributed by atoms with van der Waals surface area (Å²) in [7, 11) is 0. The van der Waals surface area contributed by atoms with Crippen molar-refractivity contribution in [3.05, 3.63) is 68.7 Å². The van der Waals surface area contributed by atoms with Crippen molar-refractivity contribution >= 4 is 23.1 Å². The third-order valence-corrected chi connectivity index (χ3v) is 3.09. The molecule has 0 radical (unpaired) electrons. The van der Waals surface area contributed by atoms with Gasteiger partial charge in [-0.1, -0.05) is 41.4 Å². The summed E-state index contributed by atoms with van der Waals surface area (Å²) in [6.45, 7) is 1.65. The molecule has 0 aliphatic carbocycles. The summed E-state index contributed by atoms with van der Waals surface area (Å²) in [5.74, 6) is -0.232. The molecule has 5 nitrogen and oxygen atoms in total. The smallest absolute Gasteiger partial charge is 0.312 e. The number of nitro groups is 1. The zero-order valence-corrected chi connectivity index (χ0v) is 12.0. The van der Waals surface area contributed by atoms with Gasteiger partial charge >= 0.3 is 5.69 Å². The van der Waals surface area contributed by atoms with E-state index < -0.39 is 4.92 Å². The summed E-state index contributed by atoms with van der Waals surface area (Å²) in [4.78, 5) is 22.3. The van der Waals surface area contributed by atoms with Gasteiger partial charge in [0.2, 0.25) is 0 Å². The Hall–Kier alpha value is -2.40. The van der Waals surface area contributed by atoms with Crippen LogP contribution in [0.3, 0.4) is 0 Å². The fourth-order valence-electron chi connectivity index (χ4n) is 1.72. The second-order valence-corrected chi connectivity index (χ2v) is 4.88. The molecule has 0 unspecified atom stereocenters. The molecule has 21 heavy (non-hydrogen) atoms. The largest absolute Gasteiger partial charge is 0.478 e. The number of carbonyl (C=O) groups is 1. The van der Waals surface area contributed by atoms with Crippen LogP contribution in [0.1, 0.15) is 15.9 Å². The number of rotatable bonds is 5. The molecule has 2 aromatic rings. The van der Waals surface area contributed by atoms with Crippen molar-refractivity contribution < 1.29 is 14.5 Å². The minimum absolute atomic E-state index is 0.0184. The number of carbonyl (C=O) groups excluding carboxylic acids is 1. The third kappa shape index (κ3) is 3.79. The Kier molecular flexibility index (Phi) is 4.55. The monoisotopic (exact) mass is 305 g/mol. The van der Waals surface area contributed by atoms with Gasteiger partial charge in [-0.05, 0) is 19.1 Å². The molecule has 2 rings (SSSR count). The minimum atomic E-state index is -0.600. The van der Waals surface area contributed by atoms with Gasteiger partial charge in [-0.3, -0.25) is 14.9 Å². The Morgan fingerprint density at radius 2 is 1.90 bits per heavy atom. The number of nitrogens with zero attached hydrogens (tertiary/aromatic N) is 1. The molecule has 0 fully saturated rings. The van der Waals surface area contributed by atoms with Gasteiger partial charge in [-0.2, -0.15) is 0 Å². The number of Topliss-reactive ketones (excluding diaryl/α,β-unsaturated/α-hetero) is 1. The Morgan fingerprint density at radius 3 is 2.52 bits per heavy atom. The van der Waals surface area contributed by atoms with Gasteiger partial charge in [0.1, 0.15) is 0 Å². The van der Waals surface area contributed by atoms with E-state index in [9.17, 15) is 14.9 Å². The molecular weight excluding hydrogens is 294 g/mol. The number of hydrogen-bond acceptors (Lipinski definition) is 4. The normalized spacial score (nSPS) is 10.2. The Morgan fingerprint density at radius 1 is 1.24 bits per heavy atom. The summed E-state index contributed by atoms with van der Waals surface area (Å²) in [5.41, 5.74) is 1.28. The zero-order valence-electron chi connectivity index (χ0n) is 11.2. The predicted octanol–water partition coefficient (Wildman–Crippen LogP) is 3.82. The number of ketones is 1. The van der Waals surface area contributed by atoms with Crippen LogP contribution in [-0.4, -0.2) is 17.3 Å². The zero-order chi connectivity index (χ0) is 15.4. The van der Waals surface area contributed by atoms with Crippen molar-refractivity contribution in [2.45, 2.75) is 6.92 Å². The van der Waals surface area contributed by atoms with Crippen LogP contribution in [0.5, 0.6) is 5.75 Å². The molecule has 0 aromatic heterocycles. The Bertz CT molecular complexity index is 683. The fraction of sp³-hybridized carbons (Fsp3) is 0.133. The van der Waals surface area contributed by atoms with Crippen molar-refractivity contribution in [1.29, 1.82) is 0 Å². The van der Waals surface area contributed by atoms with Crippen LogP contribution in [0, 0.1) is 17.0 Å². The van der Waals surface area contributed by atoms with Crippen LogP contribution in [0.25, 0.3) is 0 Å². The summed E-state index contributed by atoms with van der Waals surface area (Å²) in [5, 5.41) is 11.1. The van der Waals surface area contributed by atoms with E-state index in [0.29, 0.717) is 5.56 Å². The molecule has 0 amide bonds. The van der Waals surface area contributed by atoms with E-state index in [-0.39, 0.29) is 28.8 Å². The molecule has 0 bridgehead atoms. The molecule has 6 heteroatoms. The molecular formula is C15H12ClNO4. The number of hydrogen-bond donors (Lipinski definition) is 0. The van der Waals surface area contributed by atoms with Gasteiger partial charge in [-0.15, -0.1) is 0 Å². The molecule has 0 aliphatic rings. The van der Waals surface area contributed by atoms with Crippen molar-refractivity contribution in [3.63, 3.8) is 0 Å². The van der Waals surface area contributed by atoms with E-state index in [1.807, 2.05) is 19.1 Å². The quantitative estimate of drug-likeness (QED) is 0.478. The average molecular weight is 306 g/mol. The highest BCUT2D eigenvalue weighted by Gasteiger charge is 2.17. The van der Waals surface area contributed by atoms with E-state index in [1.165, 1.54) is 18.2 Å². The van der Waals surface area contributed by atoms with E-state index >= 15 is 0 Å².